The van der Waals surface area contributed by atoms with Crippen LogP contribution >= 0.6 is 0 Å². The Hall–Kier alpha value is -1.11. The molecule has 0 unspecified atom stereocenters. The molecule has 1 N–H and O–H groups in total. The molecule has 0 radical (unpaired) electrons. The van der Waals surface area contributed by atoms with Crippen LogP contribution in [-0.2, 0) is 0 Å². The van der Waals surface area contributed by atoms with Gasteiger partial charge in [0.1, 0.15) is 0 Å². The van der Waals surface area contributed by atoms with Gasteiger partial charge in [-0.25, -0.2) is 0 Å². The van der Waals surface area contributed by atoms with Crippen LogP contribution in [0.15, 0.2) is 30.3 Å². The minimum Gasteiger partial charge on any atom is -0.309 e. The Bertz CT molecular complexity index is 251. The Labute approximate surface area is 60.2 Å². The van der Waals surface area contributed by atoms with Crippen LogP contribution in [0.5, 0.6) is 0 Å². The second kappa shape index (κ2) is 1.94. The Morgan fingerprint density at radius 2 is 1.80 bits per heavy atom. The maximum absolute atomic E-state index is 7.31. The van der Waals surface area contributed by atoms with Crippen LogP contribution < -0.4 is 0 Å². The Morgan fingerprint density at radius 1 is 1.20 bits per heavy atom. The lowest BCUT2D eigenvalue weighted by Gasteiger charge is -1.91. The third-order valence-electron chi connectivity index (χ3n) is 1.89. The monoisotopic (exact) mass is 131 g/mol. The van der Waals surface area contributed by atoms with Crippen LogP contribution in [0.4, 0.5) is 0 Å². The highest BCUT2D eigenvalue weighted by atomic mass is 14.5. The first kappa shape index (κ1) is 5.66. The third-order valence-corrected chi connectivity index (χ3v) is 1.89. The molecule has 1 fully saturated rings. The van der Waals surface area contributed by atoms with Crippen molar-refractivity contribution in [1.82, 2.24) is 0 Å². The van der Waals surface area contributed by atoms with Gasteiger partial charge in [-0.1, -0.05) is 30.3 Å². The van der Waals surface area contributed by atoms with Crippen LogP contribution in [0.2, 0.25) is 0 Å². The summed E-state index contributed by atoms with van der Waals surface area (Å²) in [5.74, 6) is 0.459. The fraction of sp³-hybridized carbons (Fsp3) is 0.222. The maximum Gasteiger partial charge on any atom is 0.0269 e. The minimum atomic E-state index is 0.459. The SMILES string of the molecule is N=C1C[C@@H]1c1ccccc1. The molecule has 1 aromatic rings. The highest BCUT2D eigenvalue weighted by Crippen LogP contribution is 2.35. The van der Waals surface area contributed by atoms with Crippen LogP contribution in [0.1, 0.15) is 17.9 Å². The molecule has 1 atom stereocenters. The van der Waals surface area contributed by atoms with E-state index in [1.54, 1.807) is 0 Å². The molecule has 1 aliphatic rings. The summed E-state index contributed by atoms with van der Waals surface area (Å²) in [6.45, 7) is 0. The molecule has 0 amide bonds. The minimum absolute atomic E-state index is 0.459. The first-order valence-electron chi connectivity index (χ1n) is 3.50. The zero-order valence-electron chi connectivity index (χ0n) is 5.67. The van der Waals surface area contributed by atoms with Gasteiger partial charge >= 0.3 is 0 Å². The summed E-state index contributed by atoms with van der Waals surface area (Å²) in [6.07, 6.45) is 0.976. The summed E-state index contributed by atoms with van der Waals surface area (Å²) >= 11 is 0. The molecule has 1 heteroatoms. The van der Waals surface area contributed by atoms with E-state index in [9.17, 15) is 0 Å². The van der Waals surface area contributed by atoms with Crippen molar-refractivity contribution in [2.24, 2.45) is 0 Å². The number of rotatable bonds is 1. The van der Waals surface area contributed by atoms with Crippen molar-refractivity contribution < 1.29 is 0 Å². The molecule has 1 aromatic carbocycles. The lowest BCUT2D eigenvalue weighted by atomic mass is 10.1. The molecule has 1 aliphatic carbocycles. The van der Waals surface area contributed by atoms with E-state index in [2.05, 4.69) is 12.1 Å². The standard InChI is InChI=1S/C9H9N/c10-9-6-8(9)7-4-2-1-3-5-7/h1-5,8,10H,6H2/t8-/m1/s1. The van der Waals surface area contributed by atoms with E-state index in [1.807, 2.05) is 18.2 Å². The fourth-order valence-electron chi connectivity index (χ4n) is 1.17. The van der Waals surface area contributed by atoms with E-state index in [-0.39, 0.29) is 0 Å². The van der Waals surface area contributed by atoms with Gasteiger partial charge in [0.05, 0.1) is 0 Å². The summed E-state index contributed by atoms with van der Waals surface area (Å²) in [6, 6.07) is 10.2. The predicted octanol–water partition coefficient (Wildman–Crippen LogP) is 2.19. The van der Waals surface area contributed by atoms with E-state index in [0.29, 0.717) is 5.92 Å². The van der Waals surface area contributed by atoms with E-state index in [0.717, 1.165) is 12.1 Å². The van der Waals surface area contributed by atoms with Crippen molar-refractivity contribution in [3.8, 4) is 0 Å². The third kappa shape index (κ3) is 0.838. The van der Waals surface area contributed by atoms with E-state index >= 15 is 0 Å². The molecular weight excluding hydrogens is 122 g/mol. The first-order valence-corrected chi connectivity index (χ1v) is 3.50. The van der Waals surface area contributed by atoms with Gasteiger partial charge in [0.25, 0.3) is 0 Å². The van der Waals surface area contributed by atoms with Gasteiger partial charge in [-0.15, -0.1) is 0 Å². The Morgan fingerprint density at radius 3 is 2.30 bits per heavy atom. The van der Waals surface area contributed by atoms with E-state index in [1.165, 1.54) is 5.56 Å². The summed E-state index contributed by atoms with van der Waals surface area (Å²) < 4.78 is 0. The van der Waals surface area contributed by atoms with Crippen molar-refractivity contribution in [2.75, 3.05) is 0 Å². The first-order chi connectivity index (χ1) is 4.88. The van der Waals surface area contributed by atoms with E-state index < -0.39 is 0 Å². The normalized spacial score (nSPS) is 22.8. The van der Waals surface area contributed by atoms with Gasteiger partial charge in [0, 0.05) is 11.6 Å². The second-order valence-corrected chi connectivity index (χ2v) is 2.69. The number of hydrogen-bond acceptors (Lipinski definition) is 1. The quantitative estimate of drug-likeness (QED) is 0.604. The molecule has 50 valence electrons. The predicted molar refractivity (Wildman–Crippen MR) is 41.5 cm³/mol. The highest BCUT2D eigenvalue weighted by molar-refractivity contribution is 6.03. The van der Waals surface area contributed by atoms with Crippen LogP contribution in [-0.4, -0.2) is 5.71 Å². The fourth-order valence-corrected chi connectivity index (χ4v) is 1.17. The average molecular weight is 131 g/mol. The molecule has 10 heavy (non-hydrogen) atoms. The lowest BCUT2D eigenvalue weighted by Crippen LogP contribution is -1.77. The Kier molecular flexibility index (Phi) is 1.10. The summed E-state index contributed by atoms with van der Waals surface area (Å²) in [5.41, 5.74) is 2.18. The number of hydrogen-bond donors (Lipinski definition) is 1. The van der Waals surface area contributed by atoms with Gasteiger partial charge in [-0.05, 0) is 12.0 Å². The lowest BCUT2D eigenvalue weighted by molar-refractivity contribution is 1.17. The molecule has 1 nitrogen and oxygen atoms in total. The summed E-state index contributed by atoms with van der Waals surface area (Å²) in [4.78, 5) is 0. The molecule has 0 aliphatic heterocycles. The molecule has 0 heterocycles. The van der Waals surface area contributed by atoms with Gasteiger partial charge in [0.15, 0.2) is 0 Å². The van der Waals surface area contributed by atoms with Gasteiger partial charge < -0.3 is 5.41 Å². The molecule has 0 bridgehead atoms. The van der Waals surface area contributed by atoms with Crippen LogP contribution in [0.25, 0.3) is 0 Å². The summed E-state index contributed by atoms with van der Waals surface area (Å²) in [7, 11) is 0. The van der Waals surface area contributed by atoms with Gasteiger partial charge in [-0.2, -0.15) is 0 Å². The molecule has 0 aromatic heterocycles. The van der Waals surface area contributed by atoms with Crippen LogP contribution in [0, 0.1) is 5.41 Å². The Balaban J connectivity index is 2.28. The average Bonchev–Trinajstić information content (AvgIpc) is 2.69. The zero-order valence-corrected chi connectivity index (χ0v) is 5.67. The molecule has 2 rings (SSSR count). The van der Waals surface area contributed by atoms with Crippen molar-refractivity contribution in [1.29, 1.82) is 5.41 Å². The number of benzene rings is 1. The van der Waals surface area contributed by atoms with Gasteiger partial charge in [0.2, 0.25) is 0 Å². The molecular formula is C9H9N. The van der Waals surface area contributed by atoms with Crippen molar-refractivity contribution in [3.63, 3.8) is 0 Å². The summed E-state index contributed by atoms with van der Waals surface area (Å²) in [5, 5.41) is 7.31. The zero-order chi connectivity index (χ0) is 6.97. The van der Waals surface area contributed by atoms with Crippen LogP contribution in [0.3, 0.4) is 0 Å². The highest BCUT2D eigenvalue weighted by Gasteiger charge is 2.30. The molecule has 0 spiro atoms. The van der Waals surface area contributed by atoms with Gasteiger partial charge in [-0.3, -0.25) is 0 Å². The number of nitrogens with one attached hydrogen (secondary N) is 1. The largest absolute Gasteiger partial charge is 0.309 e. The molecule has 0 saturated heterocycles. The van der Waals surface area contributed by atoms with Crippen molar-refractivity contribution in [3.05, 3.63) is 35.9 Å². The topological polar surface area (TPSA) is 23.9 Å². The molecule has 1 saturated carbocycles. The second-order valence-electron chi connectivity index (χ2n) is 2.69. The van der Waals surface area contributed by atoms with E-state index in [4.69, 9.17) is 5.41 Å². The van der Waals surface area contributed by atoms with Crippen molar-refractivity contribution >= 4 is 5.71 Å². The maximum atomic E-state index is 7.31. The smallest absolute Gasteiger partial charge is 0.0269 e. The van der Waals surface area contributed by atoms with Crippen molar-refractivity contribution in [2.45, 2.75) is 12.3 Å².